The highest BCUT2D eigenvalue weighted by Gasteiger charge is 2.41. The van der Waals surface area contributed by atoms with Crippen LogP contribution in [0.3, 0.4) is 0 Å². The summed E-state index contributed by atoms with van der Waals surface area (Å²) in [6.45, 7) is 2.20. The number of aryl methyl sites for hydroxylation is 2. The summed E-state index contributed by atoms with van der Waals surface area (Å²) >= 11 is 1.19. The standard InChI is InChI=1S/C31H30F8N6O3S/c1-14-25(49-15(2)41-14)28(47)40-12-16-3-8-21(31(37,38)39)17(9-16)10-24-43-22-11-20(29(45-26(22)44-24)48-13-23(32)33)27(46)42-19-6-4-18(5-7-19)30(34,35)36/h3,8-9,11,18-19,23H,4-7,10,12-13H2,1-2H3,(H,40,47)(H,42,46)(H,43,44,45). The van der Waals surface area contributed by atoms with E-state index in [9.17, 15) is 44.7 Å². The van der Waals surface area contributed by atoms with Crippen molar-refractivity contribution in [1.82, 2.24) is 30.6 Å². The van der Waals surface area contributed by atoms with Crippen molar-refractivity contribution in [2.45, 2.75) is 77.3 Å². The molecule has 1 fully saturated rings. The molecule has 0 unspecified atom stereocenters. The van der Waals surface area contributed by atoms with Gasteiger partial charge >= 0.3 is 12.4 Å². The third kappa shape index (κ3) is 8.82. The normalized spacial score (nSPS) is 17.0. The number of carbonyl (C=O) groups excluding carboxylic acids is 2. The molecule has 0 aliphatic heterocycles. The monoisotopic (exact) mass is 718 g/mol. The van der Waals surface area contributed by atoms with Crippen LogP contribution in [0.15, 0.2) is 24.3 Å². The highest BCUT2D eigenvalue weighted by molar-refractivity contribution is 7.13. The number of nitrogens with zero attached hydrogens (tertiary/aromatic N) is 3. The number of alkyl halides is 8. The number of rotatable bonds is 10. The van der Waals surface area contributed by atoms with Crippen molar-refractivity contribution < 1.29 is 49.4 Å². The van der Waals surface area contributed by atoms with Crippen molar-refractivity contribution in [3.8, 4) is 5.88 Å². The molecule has 3 heterocycles. The predicted octanol–water partition coefficient (Wildman–Crippen LogP) is 7.07. The summed E-state index contributed by atoms with van der Waals surface area (Å²) in [6.07, 6.45) is -12.7. The number of imidazole rings is 1. The first kappa shape index (κ1) is 35.9. The molecule has 49 heavy (non-hydrogen) atoms. The summed E-state index contributed by atoms with van der Waals surface area (Å²) < 4.78 is 112. The fourth-order valence-corrected chi connectivity index (χ4v) is 6.50. The van der Waals surface area contributed by atoms with Crippen LogP contribution >= 0.6 is 11.3 Å². The minimum atomic E-state index is -4.74. The van der Waals surface area contributed by atoms with Crippen molar-refractivity contribution in [3.05, 3.63) is 67.9 Å². The number of hydrogen-bond acceptors (Lipinski definition) is 7. The average molecular weight is 719 g/mol. The summed E-state index contributed by atoms with van der Waals surface area (Å²) in [5.74, 6) is -3.27. The van der Waals surface area contributed by atoms with E-state index >= 15 is 0 Å². The zero-order valence-electron chi connectivity index (χ0n) is 26.0. The lowest BCUT2D eigenvalue weighted by Crippen LogP contribution is -2.40. The number of ether oxygens (including phenoxy) is 1. The molecule has 4 aromatic rings. The molecule has 264 valence electrons. The maximum Gasteiger partial charge on any atom is 0.416 e. The van der Waals surface area contributed by atoms with E-state index in [4.69, 9.17) is 4.74 Å². The van der Waals surface area contributed by atoms with Crippen LogP contribution in [0, 0.1) is 19.8 Å². The Balaban J connectivity index is 1.38. The van der Waals surface area contributed by atoms with Gasteiger partial charge in [-0.25, -0.2) is 18.7 Å². The van der Waals surface area contributed by atoms with Crippen molar-refractivity contribution in [2.24, 2.45) is 5.92 Å². The van der Waals surface area contributed by atoms with Crippen LogP contribution in [0.1, 0.15) is 78.9 Å². The second kappa shape index (κ2) is 14.2. The highest BCUT2D eigenvalue weighted by Crippen LogP contribution is 2.38. The van der Waals surface area contributed by atoms with Gasteiger partial charge in [-0.2, -0.15) is 31.3 Å². The van der Waals surface area contributed by atoms with Crippen LogP contribution < -0.4 is 15.4 Å². The van der Waals surface area contributed by atoms with Gasteiger partial charge in [0.25, 0.3) is 18.2 Å². The van der Waals surface area contributed by atoms with Crippen LogP contribution in [0.2, 0.25) is 0 Å². The van der Waals surface area contributed by atoms with Gasteiger partial charge in [-0.05, 0) is 62.8 Å². The molecule has 3 N–H and O–H groups in total. The molecule has 1 aromatic carbocycles. The number of hydrogen-bond donors (Lipinski definition) is 3. The SMILES string of the molecule is Cc1nc(C)c(C(=O)NCc2ccc(C(F)(F)F)c(Cc3nc4nc(OCC(F)F)c(C(=O)NC5CCC(C(F)(F)F)CC5)cc4[nH]3)c2)s1. The molecule has 3 aromatic heterocycles. The first-order chi connectivity index (χ1) is 23.0. The van der Waals surface area contributed by atoms with Gasteiger partial charge in [0.1, 0.15) is 16.3 Å². The number of halogens is 8. The van der Waals surface area contributed by atoms with E-state index in [0.29, 0.717) is 21.1 Å². The smallest absolute Gasteiger partial charge is 0.416 e. The molecule has 0 spiro atoms. The van der Waals surface area contributed by atoms with Crippen LogP contribution in [-0.4, -0.2) is 57.0 Å². The van der Waals surface area contributed by atoms with Crippen molar-refractivity contribution >= 4 is 34.3 Å². The summed E-state index contributed by atoms with van der Waals surface area (Å²) in [5, 5.41) is 5.98. The molecule has 0 saturated heterocycles. The summed E-state index contributed by atoms with van der Waals surface area (Å²) in [5.41, 5.74) is -0.595. The predicted molar refractivity (Wildman–Crippen MR) is 162 cm³/mol. The van der Waals surface area contributed by atoms with Gasteiger partial charge in [-0.15, -0.1) is 11.3 Å². The molecular formula is C31H30F8N6O3S. The molecule has 9 nitrogen and oxygen atoms in total. The van der Waals surface area contributed by atoms with E-state index in [1.165, 1.54) is 29.5 Å². The number of carbonyl (C=O) groups is 2. The number of H-pyrrole nitrogens is 1. The molecule has 5 rings (SSSR count). The third-order valence-electron chi connectivity index (χ3n) is 8.00. The highest BCUT2D eigenvalue weighted by atomic mass is 32.1. The molecule has 0 bridgehead atoms. The summed E-state index contributed by atoms with van der Waals surface area (Å²) in [7, 11) is 0. The fourth-order valence-electron chi connectivity index (χ4n) is 5.67. The second-order valence-electron chi connectivity index (χ2n) is 11.7. The minimum absolute atomic E-state index is 0.00668. The quantitative estimate of drug-likeness (QED) is 0.151. The second-order valence-corrected chi connectivity index (χ2v) is 12.9. The van der Waals surface area contributed by atoms with E-state index in [1.807, 2.05) is 0 Å². The van der Waals surface area contributed by atoms with Crippen molar-refractivity contribution in [3.63, 3.8) is 0 Å². The maximum atomic E-state index is 14.0. The number of benzene rings is 1. The zero-order chi connectivity index (χ0) is 35.7. The number of aromatic amines is 1. The lowest BCUT2D eigenvalue weighted by Gasteiger charge is -2.30. The van der Waals surface area contributed by atoms with Gasteiger partial charge in [0.05, 0.1) is 27.7 Å². The zero-order valence-corrected chi connectivity index (χ0v) is 26.8. The minimum Gasteiger partial charge on any atom is -0.471 e. The van der Waals surface area contributed by atoms with Gasteiger partial charge in [0.2, 0.25) is 5.88 Å². The number of thiazole rings is 1. The van der Waals surface area contributed by atoms with Gasteiger partial charge in [0, 0.05) is 19.0 Å². The molecule has 1 aliphatic carbocycles. The largest absolute Gasteiger partial charge is 0.471 e. The van der Waals surface area contributed by atoms with Gasteiger partial charge < -0.3 is 20.4 Å². The Morgan fingerprint density at radius 2 is 1.71 bits per heavy atom. The Morgan fingerprint density at radius 3 is 2.33 bits per heavy atom. The Labute approximate surface area is 277 Å². The molecule has 2 amide bonds. The number of pyridine rings is 1. The molecule has 0 radical (unpaired) electrons. The first-order valence-corrected chi connectivity index (χ1v) is 15.9. The van der Waals surface area contributed by atoms with Crippen LogP contribution in [0.5, 0.6) is 5.88 Å². The van der Waals surface area contributed by atoms with Crippen molar-refractivity contribution in [2.75, 3.05) is 6.61 Å². The summed E-state index contributed by atoms with van der Waals surface area (Å²) in [6, 6.07) is 3.98. The Morgan fingerprint density at radius 1 is 1.00 bits per heavy atom. The van der Waals surface area contributed by atoms with Crippen molar-refractivity contribution in [1.29, 1.82) is 0 Å². The van der Waals surface area contributed by atoms with E-state index < -0.39 is 67.0 Å². The first-order valence-electron chi connectivity index (χ1n) is 15.1. The van der Waals surface area contributed by atoms with E-state index in [2.05, 4.69) is 30.6 Å². The maximum absolute atomic E-state index is 14.0. The van der Waals surface area contributed by atoms with Crippen LogP contribution in [0.4, 0.5) is 35.1 Å². The number of fused-ring (bicyclic) bond motifs is 1. The fraction of sp³-hybridized carbons (Fsp3) is 0.452. The van der Waals surface area contributed by atoms with Gasteiger partial charge in [-0.3, -0.25) is 9.59 Å². The van der Waals surface area contributed by atoms with Gasteiger partial charge in [0.15, 0.2) is 12.3 Å². The lowest BCUT2D eigenvalue weighted by molar-refractivity contribution is -0.182. The Bertz CT molecular complexity index is 1830. The number of nitrogens with one attached hydrogen (secondary N) is 3. The number of amides is 2. The third-order valence-corrected chi connectivity index (χ3v) is 9.07. The van der Waals surface area contributed by atoms with E-state index in [-0.39, 0.29) is 60.3 Å². The van der Waals surface area contributed by atoms with Crippen LogP contribution in [0.25, 0.3) is 11.2 Å². The van der Waals surface area contributed by atoms with Gasteiger partial charge in [-0.1, -0.05) is 12.1 Å². The summed E-state index contributed by atoms with van der Waals surface area (Å²) in [4.78, 5) is 41.5. The number of aromatic nitrogens is 4. The Kier molecular flexibility index (Phi) is 10.5. The van der Waals surface area contributed by atoms with E-state index in [0.717, 1.165) is 6.07 Å². The Hall–Kier alpha value is -4.35. The molecular weight excluding hydrogens is 688 g/mol. The van der Waals surface area contributed by atoms with Crippen LogP contribution in [-0.2, 0) is 19.1 Å². The average Bonchev–Trinajstić information content (AvgIpc) is 3.57. The molecule has 0 atom stereocenters. The molecule has 1 saturated carbocycles. The van der Waals surface area contributed by atoms with E-state index in [1.54, 1.807) is 13.8 Å². The molecule has 1 aliphatic rings. The lowest BCUT2D eigenvalue weighted by atomic mass is 9.85. The molecule has 18 heteroatoms. The topological polar surface area (TPSA) is 122 Å².